The molecule has 0 saturated carbocycles. The molecule has 0 radical (unpaired) electrons. The maximum absolute atomic E-state index is 4.56. The number of hydrogen-bond donors (Lipinski definition) is 0. The van der Waals surface area contributed by atoms with Gasteiger partial charge < -0.3 is 0 Å². The Hall–Kier alpha value is -3.42. The Kier molecular flexibility index (Phi) is 5.98. The molecular weight excluding hydrogens is 464 g/mol. The zero-order valence-electron chi connectivity index (χ0n) is 18.7. The van der Waals surface area contributed by atoms with E-state index in [1.807, 2.05) is 0 Å². The molecular formula is C32H25Br. The molecule has 0 bridgehead atoms. The summed E-state index contributed by atoms with van der Waals surface area (Å²) in [5.74, 6) is 0. The summed E-state index contributed by atoms with van der Waals surface area (Å²) < 4.78 is 1.08. The molecule has 160 valence electrons. The molecule has 0 aliphatic carbocycles. The van der Waals surface area contributed by atoms with Gasteiger partial charge in [0, 0.05) is 4.47 Å². The van der Waals surface area contributed by atoms with Gasteiger partial charge in [-0.1, -0.05) is 114 Å². The monoisotopic (exact) mass is 488 g/mol. The van der Waals surface area contributed by atoms with E-state index in [9.17, 15) is 0 Å². The molecule has 5 aromatic rings. The van der Waals surface area contributed by atoms with E-state index in [1.165, 1.54) is 49.7 Å². The Bertz CT molecular complexity index is 1480. The summed E-state index contributed by atoms with van der Waals surface area (Å²) in [7, 11) is 0. The lowest BCUT2D eigenvalue weighted by molar-refractivity contribution is 1.29. The number of fused-ring (bicyclic) bond motifs is 1. The van der Waals surface area contributed by atoms with Crippen molar-refractivity contribution in [1.29, 1.82) is 0 Å². The van der Waals surface area contributed by atoms with Crippen LogP contribution in [0.2, 0.25) is 0 Å². The Balaban J connectivity index is 1.59. The van der Waals surface area contributed by atoms with E-state index in [4.69, 9.17) is 0 Å². The van der Waals surface area contributed by atoms with Crippen LogP contribution in [-0.2, 0) is 6.42 Å². The van der Waals surface area contributed by atoms with E-state index in [1.54, 1.807) is 0 Å². The summed E-state index contributed by atoms with van der Waals surface area (Å²) in [4.78, 5) is 0. The molecule has 0 amide bonds. The van der Waals surface area contributed by atoms with Crippen LogP contribution >= 0.6 is 15.9 Å². The third-order valence-corrected chi connectivity index (χ3v) is 6.72. The fourth-order valence-corrected chi connectivity index (χ4v) is 4.88. The summed E-state index contributed by atoms with van der Waals surface area (Å²) in [6.07, 6.45) is 0.811. The van der Waals surface area contributed by atoms with Gasteiger partial charge in [0.15, 0.2) is 0 Å². The van der Waals surface area contributed by atoms with Gasteiger partial charge in [-0.15, -0.1) is 0 Å². The Morgan fingerprint density at radius 3 is 2.24 bits per heavy atom. The summed E-state index contributed by atoms with van der Waals surface area (Å²) in [6.45, 7) is 6.73. The summed E-state index contributed by atoms with van der Waals surface area (Å²) in [5.41, 5.74) is 9.76. The average Bonchev–Trinajstić information content (AvgIpc) is 2.84. The number of halogens is 1. The van der Waals surface area contributed by atoms with Gasteiger partial charge in [-0.25, -0.2) is 0 Å². The molecule has 0 fully saturated rings. The van der Waals surface area contributed by atoms with Crippen LogP contribution in [-0.4, -0.2) is 0 Å². The fraction of sp³-hybridized carbons (Fsp3) is 0.0625. The van der Waals surface area contributed by atoms with Crippen LogP contribution in [0.25, 0.3) is 38.6 Å². The predicted molar refractivity (Wildman–Crippen MR) is 146 cm³/mol. The fourth-order valence-electron chi connectivity index (χ4n) is 4.48. The predicted octanol–water partition coefficient (Wildman–Crippen LogP) is 9.50. The molecule has 33 heavy (non-hydrogen) atoms. The first-order valence-corrected chi connectivity index (χ1v) is 12.0. The van der Waals surface area contributed by atoms with E-state index in [-0.39, 0.29) is 0 Å². The van der Waals surface area contributed by atoms with Crippen LogP contribution in [0.1, 0.15) is 16.7 Å². The maximum atomic E-state index is 4.56. The molecule has 5 aromatic carbocycles. The highest BCUT2D eigenvalue weighted by Gasteiger charge is 2.13. The lowest BCUT2D eigenvalue weighted by Crippen LogP contribution is -1.96. The van der Waals surface area contributed by atoms with Gasteiger partial charge in [0.25, 0.3) is 0 Å². The Morgan fingerprint density at radius 2 is 1.42 bits per heavy atom. The van der Waals surface area contributed by atoms with Gasteiger partial charge in [-0.2, -0.15) is 0 Å². The van der Waals surface area contributed by atoms with E-state index >= 15 is 0 Å². The quantitative estimate of drug-likeness (QED) is 0.231. The second kappa shape index (κ2) is 9.21. The summed E-state index contributed by atoms with van der Waals surface area (Å²) in [6, 6.07) is 39.0. The van der Waals surface area contributed by atoms with Crippen LogP contribution in [0, 0.1) is 6.92 Å². The highest BCUT2D eigenvalue weighted by Crippen LogP contribution is 2.36. The number of benzene rings is 5. The Morgan fingerprint density at radius 1 is 0.667 bits per heavy atom. The average molecular weight is 489 g/mol. The van der Waals surface area contributed by atoms with Crippen LogP contribution in [0.5, 0.6) is 0 Å². The van der Waals surface area contributed by atoms with E-state index in [0.29, 0.717) is 0 Å². The van der Waals surface area contributed by atoms with Crippen molar-refractivity contribution in [3.8, 4) is 22.3 Å². The number of allylic oxidation sites excluding steroid dienone is 1. The molecule has 0 aliphatic rings. The standard InChI is InChI=1S/C32H25Br/c1-22-8-3-6-13-30(22)31-17-16-28(27-11-7-12-29(33)20-27)21-32(31)23(2)18-24-14-15-25-9-4-5-10-26(25)19-24/h3-17,19-21H,2,18H2,1H3. The van der Waals surface area contributed by atoms with E-state index < -0.39 is 0 Å². The van der Waals surface area contributed by atoms with Crippen LogP contribution in [0.3, 0.4) is 0 Å². The van der Waals surface area contributed by atoms with Crippen LogP contribution in [0.4, 0.5) is 0 Å². The minimum absolute atomic E-state index is 0.811. The molecule has 0 nitrogen and oxygen atoms in total. The number of rotatable bonds is 5. The molecule has 1 heteroatoms. The zero-order chi connectivity index (χ0) is 22.8. The molecule has 0 aromatic heterocycles. The topological polar surface area (TPSA) is 0 Å². The molecule has 5 rings (SSSR count). The van der Waals surface area contributed by atoms with Crippen molar-refractivity contribution in [3.63, 3.8) is 0 Å². The number of hydrogen-bond acceptors (Lipinski definition) is 0. The lowest BCUT2D eigenvalue weighted by atomic mass is 9.87. The van der Waals surface area contributed by atoms with Gasteiger partial charge in [0.2, 0.25) is 0 Å². The van der Waals surface area contributed by atoms with Crippen molar-refractivity contribution in [2.24, 2.45) is 0 Å². The van der Waals surface area contributed by atoms with E-state index in [0.717, 1.165) is 16.5 Å². The first-order chi connectivity index (χ1) is 16.1. The first kappa shape index (κ1) is 21.4. The third kappa shape index (κ3) is 4.55. The van der Waals surface area contributed by atoms with Gasteiger partial charge >= 0.3 is 0 Å². The summed E-state index contributed by atoms with van der Waals surface area (Å²) in [5, 5.41) is 2.54. The normalized spacial score (nSPS) is 11.0. The van der Waals surface area contributed by atoms with Crippen molar-refractivity contribution in [3.05, 3.63) is 137 Å². The van der Waals surface area contributed by atoms with Crippen molar-refractivity contribution in [2.75, 3.05) is 0 Å². The third-order valence-electron chi connectivity index (χ3n) is 6.23. The first-order valence-electron chi connectivity index (χ1n) is 11.2. The van der Waals surface area contributed by atoms with Crippen molar-refractivity contribution < 1.29 is 0 Å². The molecule has 0 N–H and O–H groups in total. The van der Waals surface area contributed by atoms with Gasteiger partial charge in [-0.3, -0.25) is 0 Å². The maximum Gasteiger partial charge on any atom is 0.0181 e. The van der Waals surface area contributed by atoms with Gasteiger partial charge in [0.05, 0.1) is 0 Å². The molecule has 0 aliphatic heterocycles. The largest absolute Gasteiger partial charge is 0.0949 e. The van der Waals surface area contributed by atoms with Crippen LogP contribution < -0.4 is 0 Å². The second-order valence-corrected chi connectivity index (χ2v) is 9.46. The van der Waals surface area contributed by atoms with Gasteiger partial charge in [-0.05, 0) is 86.8 Å². The van der Waals surface area contributed by atoms with Crippen molar-refractivity contribution >= 4 is 32.3 Å². The second-order valence-electron chi connectivity index (χ2n) is 8.55. The molecule has 0 spiro atoms. The molecule has 0 heterocycles. The lowest BCUT2D eigenvalue weighted by Gasteiger charge is -2.17. The highest BCUT2D eigenvalue weighted by atomic mass is 79.9. The zero-order valence-corrected chi connectivity index (χ0v) is 20.3. The Labute approximate surface area is 204 Å². The summed E-state index contributed by atoms with van der Waals surface area (Å²) >= 11 is 3.61. The van der Waals surface area contributed by atoms with Crippen molar-refractivity contribution in [2.45, 2.75) is 13.3 Å². The minimum atomic E-state index is 0.811. The van der Waals surface area contributed by atoms with Gasteiger partial charge in [0.1, 0.15) is 0 Å². The SMILES string of the molecule is C=C(Cc1ccc2ccccc2c1)c1cc(-c2cccc(Br)c2)ccc1-c1ccccc1C. The number of aryl methyl sites for hydroxylation is 1. The molecule has 0 saturated heterocycles. The van der Waals surface area contributed by atoms with Crippen LogP contribution in [0.15, 0.2) is 120 Å². The smallest absolute Gasteiger partial charge is 0.0181 e. The van der Waals surface area contributed by atoms with Crippen molar-refractivity contribution in [1.82, 2.24) is 0 Å². The molecule has 0 unspecified atom stereocenters. The minimum Gasteiger partial charge on any atom is -0.0949 e. The molecule has 0 atom stereocenters. The highest BCUT2D eigenvalue weighted by molar-refractivity contribution is 9.10. The van der Waals surface area contributed by atoms with E-state index in [2.05, 4.69) is 139 Å².